The molecule has 0 spiro atoms. The zero-order valence-electron chi connectivity index (χ0n) is 20.2. The number of fused-ring (bicyclic) bond motifs is 10. The van der Waals surface area contributed by atoms with Crippen LogP contribution in [-0.2, 0) is 6.42 Å². The number of hydrogen-bond donors (Lipinski definition) is 0. The van der Waals surface area contributed by atoms with Gasteiger partial charge in [-0.3, -0.25) is 0 Å². The van der Waals surface area contributed by atoms with Crippen molar-refractivity contribution in [3.8, 4) is 11.1 Å². The van der Waals surface area contributed by atoms with Gasteiger partial charge in [0, 0.05) is 39.8 Å². The third-order valence-corrected chi connectivity index (χ3v) is 7.65. The SMILES string of the molecule is c1ccc(N(c2ccccc2)c2ccc3oc4c5c(c6ccccc6c4c3c2)-c2ccccc2C5)cc1. The molecule has 0 aliphatic heterocycles. The zero-order chi connectivity index (χ0) is 24.3. The molecule has 37 heavy (non-hydrogen) atoms. The summed E-state index contributed by atoms with van der Waals surface area (Å²) in [6.07, 6.45) is 0.902. The smallest absolute Gasteiger partial charge is 0.140 e. The second kappa shape index (κ2) is 7.84. The number of nitrogens with zero attached hydrogens (tertiary/aromatic N) is 1. The van der Waals surface area contributed by atoms with Crippen LogP contribution in [0.1, 0.15) is 11.1 Å². The van der Waals surface area contributed by atoms with Crippen LogP contribution in [0.4, 0.5) is 17.1 Å². The molecule has 0 atom stereocenters. The minimum atomic E-state index is 0.902. The Labute approximate surface area is 215 Å². The highest BCUT2D eigenvalue weighted by Gasteiger charge is 2.27. The first kappa shape index (κ1) is 20.4. The van der Waals surface area contributed by atoms with Crippen LogP contribution in [0.2, 0.25) is 0 Å². The van der Waals surface area contributed by atoms with Crippen molar-refractivity contribution in [2.24, 2.45) is 0 Å². The summed E-state index contributed by atoms with van der Waals surface area (Å²) in [5, 5.41) is 4.90. The molecule has 0 unspecified atom stereocenters. The fourth-order valence-electron chi connectivity index (χ4n) is 6.09. The summed E-state index contributed by atoms with van der Waals surface area (Å²) in [7, 11) is 0. The molecule has 1 heterocycles. The number of furan rings is 1. The highest BCUT2D eigenvalue weighted by molar-refractivity contribution is 6.24. The summed E-state index contributed by atoms with van der Waals surface area (Å²) < 4.78 is 6.66. The van der Waals surface area contributed by atoms with E-state index in [2.05, 4.69) is 132 Å². The minimum Gasteiger partial charge on any atom is -0.456 e. The maximum absolute atomic E-state index is 6.66. The van der Waals surface area contributed by atoms with Crippen molar-refractivity contribution in [1.82, 2.24) is 0 Å². The lowest BCUT2D eigenvalue weighted by molar-refractivity contribution is 0.665. The Morgan fingerprint density at radius 3 is 1.95 bits per heavy atom. The highest BCUT2D eigenvalue weighted by Crippen LogP contribution is 2.49. The molecule has 2 nitrogen and oxygen atoms in total. The van der Waals surface area contributed by atoms with E-state index in [9.17, 15) is 0 Å². The summed E-state index contributed by atoms with van der Waals surface area (Å²) in [5.41, 5.74) is 10.6. The van der Waals surface area contributed by atoms with Gasteiger partial charge in [0.1, 0.15) is 11.2 Å². The molecular weight excluding hydrogens is 450 g/mol. The molecule has 7 aromatic rings. The summed E-state index contributed by atoms with van der Waals surface area (Å²) in [6, 6.07) is 45.3. The van der Waals surface area contributed by atoms with Gasteiger partial charge in [-0.25, -0.2) is 0 Å². The molecule has 174 valence electrons. The minimum absolute atomic E-state index is 0.902. The summed E-state index contributed by atoms with van der Waals surface area (Å²) >= 11 is 0. The molecule has 0 saturated carbocycles. The van der Waals surface area contributed by atoms with E-state index >= 15 is 0 Å². The molecule has 0 bridgehead atoms. The number of para-hydroxylation sites is 2. The number of hydrogen-bond acceptors (Lipinski definition) is 2. The number of anilines is 3. The van der Waals surface area contributed by atoms with Gasteiger partial charge in [0.15, 0.2) is 0 Å². The lowest BCUT2D eigenvalue weighted by Crippen LogP contribution is -2.09. The Kier molecular flexibility index (Phi) is 4.32. The third kappa shape index (κ3) is 2.99. The Hall–Kier alpha value is -4.82. The molecule has 0 fully saturated rings. The average Bonchev–Trinajstić information content (AvgIpc) is 3.54. The maximum atomic E-state index is 6.66. The molecular formula is C35H23NO. The Bertz CT molecular complexity index is 1910. The number of benzene rings is 6. The van der Waals surface area contributed by atoms with Gasteiger partial charge in [-0.15, -0.1) is 0 Å². The van der Waals surface area contributed by atoms with E-state index in [1.165, 1.54) is 38.4 Å². The van der Waals surface area contributed by atoms with Crippen molar-refractivity contribution in [3.05, 3.63) is 139 Å². The van der Waals surface area contributed by atoms with Gasteiger partial charge in [-0.1, -0.05) is 84.9 Å². The van der Waals surface area contributed by atoms with Gasteiger partial charge in [0.2, 0.25) is 0 Å². The van der Waals surface area contributed by atoms with Crippen LogP contribution in [0.5, 0.6) is 0 Å². The van der Waals surface area contributed by atoms with E-state index in [0.717, 1.165) is 40.0 Å². The van der Waals surface area contributed by atoms with Gasteiger partial charge < -0.3 is 9.32 Å². The van der Waals surface area contributed by atoms with Crippen LogP contribution in [0.25, 0.3) is 43.8 Å². The second-order valence-corrected chi connectivity index (χ2v) is 9.73. The normalized spacial score (nSPS) is 12.2. The van der Waals surface area contributed by atoms with Crippen LogP contribution >= 0.6 is 0 Å². The largest absolute Gasteiger partial charge is 0.456 e. The van der Waals surface area contributed by atoms with Crippen molar-refractivity contribution in [2.75, 3.05) is 4.90 Å². The lowest BCUT2D eigenvalue weighted by Gasteiger charge is -2.25. The predicted molar refractivity (Wildman–Crippen MR) is 154 cm³/mol. The van der Waals surface area contributed by atoms with Crippen molar-refractivity contribution < 1.29 is 4.42 Å². The van der Waals surface area contributed by atoms with Crippen LogP contribution in [0.3, 0.4) is 0 Å². The molecule has 6 aromatic carbocycles. The van der Waals surface area contributed by atoms with Crippen LogP contribution in [0, 0.1) is 0 Å². The van der Waals surface area contributed by atoms with E-state index in [1.54, 1.807) is 0 Å². The summed E-state index contributed by atoms with van der Waals surface area (Å²) in [6.45, 7) is 0. The summed E-state index contributed by atoms with van der Waals surface area (Å²) in [4.78, 5) is 2.31. The first-order chi connectivity index (χ1) is 18.4. The molecule has 1 aliphatic carbocycles. The van der Waals surface area contributed by atoms with E-state index in [4.69, 9.17) is 4.42 Å². The van der Waals surface area contributed by atoms with Crippen LogP contribution in [0.15, 0.2) is 132 Å². The highest BCUT2D eigenvalue weighted by atomic mass is 16.3. The van der Waals surface area contributed by atoms with Gasteiger partial charge in [0.05, 0.1) is 0 Å². The van der Waals surface area contributed by atoms with Gasteiger partial charge in [-0.2, -0.15) is 0 Å². The van der Waals surface area contributed by atoms with E-state index in [-0.39, 0.29) is 0 Å². The summed E-state index contributed by atoms with van der Waals surface area (Å²) in [5.74, 6) is 0. The average molecular weight is 474 g/mol. The standard InChI is InChI=1S/C35H23NO/c1-3-12-24(13-4-1)36(25-14-5-2-6-15-25)26-19-20-32-30(22-26)34-29-18-10-9-17-28(29)33-27-16-8-7-11-23(27)21-31(33)35(34)37-32/h1-20,22H,21H2. The molecule has 1 aliphatic rings. The van der Waals surface area contributed by atoms with E-state index in [1.807, 2.05) is 0 Å². The number of rotatable bonds is 3. The van der Waals surface area contributed by atoms with Crippen LogP contribution in [-0.4, -0.2) is 0 Å². The van der Waals surface area contributed by atoms with E-state index in [0.29, 0.717) is 0 Å². The monoisotopic (exact) mass is 473 g/mol. The van der Waals surface area contributed by atoms with Crippen molar-refractivity contribution in [2.45, 2.75) is 6.42 Å². The second-order valence-electron chi connectivity index (χ2n) is 9.73. The third-order valence-electron chi connectivity index (χ3n) is 7.65. The molecule has 1 aromatic heterocycles. The molecule has 0 radical (unpaired) electrons. The Balaban J connectivity index is 1.44. The Morgan fingerprint density at radius 2 is 1.19 bits per heavy atom. The molecule has 0 N–H and O–H groups in total. The molecule has 2 heteroatoms. The van der Waals surface area contributed by atoms with Crippen LogP contribution < -0.4 is 4.90 Å². The van der Waals surface area contributed by atoms with Gasteiger partial charge in [-0.05, 0) is 69.9 Å². The topological polar surface area (TPSA) is 16.4 Å². The van der Waals surface area contributed by atoms with Crippen molar-refractivity contribution in [3.63, 3.8) is 0 Å². The Morgan fingerprint density at radius 1 is 0.541 bits per heavy atom. The fourth-order valence-corrected chi connectivity index (χ4v) is 6.09. The van der Waals surface area contributed by atoms with Gasteiger partial charge >= 0.3 is 0 Å². The van der Waals surface area contributed by atoms with Crippen molar-refractivity contribution in [1.29, 1.82) is 0 Å². The van der Waals surface area contributed by atoms with Gasteiger partial charge in [0.25, 0.3) is 0 Å². The first-order valence-corrected chi connectivity index (χ1v) is 12.8. The fraction of sp³-hybridized carbons (Fsp3) is 0.0286. The van der Waals surface area contributed by atoms with E-state index < -0.39 is 0 Å². The first-order valence-electron chi connectivity index (χ1n) is 12.8. The zero-order valence-corrected chi connectivity index (χ0v) is 20.2. The lowest BCUT2D eigenvalue weighted by atomic mass is 9.94. The molecule has 8 rings (SSSR count). The molecule has 0 saturated heterocycles. The maximum Gasteiger partial charge on any atom is 0.140 e. The van der Waals surface area contributed by atoms with Crippen molar-refractivity contribution >= 4 is 49.8 Å². The quantitative estimate of drug-likeness (QED) is 0.254. The predicted octanol–water partition coefficient (Wildman–Crippen LogP) is 9.78. The molecule has 0 amide bonds.